The summed E-state index contributed by atoms with van der Waals surface area (Å²) in [5, 5.41) is 19.3. The Morgan fingerprint density at radius 3 is 2.64 bits per heavy atom. The molecule has 6 N–H and O–H groups in total. The molecule has 196 valence electrons. The van der Waals surface area contributed by atoms with E-state index in [9.17, 15) is 9.90 Å². The summed E-state index contributed by atoms with van der Waals surface area (Å²) in [6, 6.07) is 4.98. The number of halogens is 1. The van der Waals surface area contributed by atoms with Crippen molar-refractivity contribution < 1.29 is 14.6 Å². The fourth-order valence-electron chi connectivity index (χ4n) is 3.47. The standard InChI is InChI=1S/C24H35ClN8O3/c1-14(2)19(12-34)30-24-31-21(20-22(32-24)33(13-28-20)15(3)4)29-16-5-6-17(18(25)11-16)23(35)27-8-10-36-9-7-26/h5-6,11,13-15,19,34H,7-10,12,26H2,1-4H3,(H,27,35)(H2,29,30,31,32)/t19-/m0/s1. The largest absolute Gasteiger partial charge is 0.394 e. The first-order valence-electron chi connectivity index (χ1n) is 12.0. The summed E-state index contributed by atoms with van der Waals surface area (Å²) in [6.07, 6.45) is 1.72. The zero-order valence-corrected chi connectivity index (χ0v) is 21.8. The summed E-state index contributed by atoms with van der Waals surface area (Å²) in [7, 11) is 0. The molecule has 0 aliphatic carbocycles. The van der Waals surface area contributed by atoms with Crippen LogP contribution >= 0.6 is 11.6 Å². The molecule has 1 atom stereocenters. The second-order valence-electron chi connectivity index (χ2n) is 8.97. The molecule has 0 aliphatic rings. The second kappa shape index (κ2) is 12.8. The van der Waals surface area contributed by atoms with Crippen molar-refractivity contribution in [3.8, 4) is 0 Å². The number of nitrogens with one attached hydrogen (secondary N) is 3. The lowest BCUT2D eigenvalue weighted by molar-refractivity contribution is 0.0920. The third-order valence-electron chi connectivity index (χ3n) is 5.56. The predicted octanol–water partition coefficient (Wildman–Crippen LogP) is 2.94. The summed E-state index contributed by atoms with van der Waals surface area (Å²) < 4.78 is 7.22. The van der Waals surface area contributed by atoms with Crippen LogP contribution in [0.2, 0.25) is 5.02 Å². The molecule has 1 amide bonds. The number of nitrogens with zero attached hydrogens (tertiary/aromatic N) is 4. The van der Waals surface area contributed by atoms with Crippen molar-refractivity contribution >= 4 is 46.1 Å². The fourth-order valence-corrected chi connectivity index (χ4v) is 3.73. The first-order chi connectivity index (χ1) is 17.2. The molecule has 11 nitrogen and oxygen atoms in total. The van der Waals surface area contributed by atoms with Crippen molar-refractivity contribution in [1.29, 1.82) is 0 Å². The van der Waals surface area contributed by atoms with Gasteiger partial charge in [-0.1, -0.05) is 25.4 Å². The Bertz CT molecular complexity index is 1170. The highest BCUT2D eigenvalue weighted by Crippen LogP contribution is 2.28. The third-order valence-corrected chi connectivity index (χ3v) is 5.88. The van der Waals surface area contributed by atoms with Gasteiger partial charge in [-0.3, -0.25) is 4.79 Å². The van der Waals surface area contributed by atoms with Gasteiger partial charge in [-0.15, -0.1) is 0 Å². The molecule has 0 saturated carbocycles. The normalized spacial score (nSPS) is 12.4. The van der Waals surface area contributed by atoms with Crippen molar-refractivity contribution in [1.82, 2.24) is 24.8 Å². The summed E-state index contributed by atoms with van der Waals surface area (Å²) in [4.78, 5) is 26.3. The van der Waals surface area contributed by atoms with Gasteiger partial charge < -0.3 is 36.1 Å². The van der Waals surface area contributed by atoms with E-state index in [1.807, 2.05) is 32.3 Å². The van der Waals surface area contributed by atoms with Crippen molar-refractivity contribution in [3.05, 3.63) is 35.1 Å². The van der Waals surface area contributed by atoms with Crippen LogP contribution in [0.3, 0.4) is 0 Å². The molecule has 0 spiro atoms. The zero-order chi connectivity index (χ0) is 26.2. The monoisotopic (exact) mass is 518 g/mol. The number of hydrogen-bond donors (Lipinski definition) is 5. The molecule has 0 saturated heterocycles. The second-order valence-corrected chi connectivity index (χ2v) is 9.37. The van der Waals surface area contributed by atoms with Gasteiger partial charge in [0.1, 0.15) is 0 Å². The van der Waals surface area contributed by atoms with Gasteiger partial charge in [0.05, 0.1) is 42.8 Å². The van der Waals surface area contributed by atoms with Gasteiger partial charge in [0.25, 0.3) is 5.91 Å². The number of amides is 1. The Morgan fingerprint density at radius 1 is 1.22 bits per heavy atom. The average molecular weight is 519 g/mol. The molecule has 2 aromatic heterocycles. The van der Waals surface area contributed by atoms with Gasteiger partial charge in [-0.25, -0.2) is 4.98 Å². The maximum Gasteiger partial charge on any atom is 0.252 e. The average Bonchev–Trinajstić information content (AvgIpc) is 3.27. The number of imidazole rings is 1. The number of carbonyl (C=O) groups is 1. The van der Waals surface area contributed by atoms with Gasteiger partial charge in [-0.2, -0.15) is 9.97 Å². The number of rotatable bonds is 13. The maximum absolute atomic E-state index is 12.5. The van der Waals surface area contributed by atoms with E-state index < -0.39 is 0 Å². The number of anilines is 3. The van der Waals surface area contributed by atoms with E-state index in [0.29, 0.717) is 60.5 Å². The Kier molecular flexibility index (Phi) is 9.82. The summed E-state index contributed by atoms with van der Waals surface area (Å²) >= 11 is 6.43. The molecular weight excluding hydrogens is 484 g/mol. The molecule has 12 heteroatoms. The van der Waals surface area contributed by atoms with Crippen LogP contribution in [0.25, 0.3) is 11.2 Å². The molecule has 2 heterocycles. The molecule has 1 aromatic carbocycles. The lowest BCUT2D eigenvalue weighted by Gasteiger charge is -2.20. The van der Waals surface area contributed by atoms with Crippen LogP contribution in [0, 0.1) is 5.92 Å². The first kappa shape index (κ1) is 27.6. The number of fused-ring (bicyclic) bond motifs is 1. The van der Waals surface area contributed by atoms with Crippen LogP contribution in [-0.4, -0.2) is 69.5 Å². The quantitative estimate of drug-likeness (QED) is 0.215. The summed E-state index contributed by atoms with van der Waals surface area (Å²) in [5.41, 5.74) is 7.61. The minimum absolute atomic E-state index is 0.0520. The molecular formula is C24H35ClN8O3. The van der Waals surface area contributed by atoms with Gasteiger partial charge >= 0.3 is 0 Å². The van der Waals surface area contributed by atoms with E-state index in [-0.39, 0.29) is 35.5 Å². The molecule has 0 fully saturated rings. The molecule has 0 aliphatic heterocycles. The highest BCUT2D eigenvalue weighted by atomic mass is 35.5. The highest BCUT2D eigenvalue weighted by molar-refractivity contribution is 6.34. The molecule has 36 heavy (non-hydrogen) atoms. The molecule has 3 aromatic rings. The molecule has 3 rings (SSSR count). The topological polar surface area (TPSA) is 152 Å². The Morgan fingerprint density at radius 2 is 2.00 bits per heavy atom. The Labute approximate surface area is 215 Å². The summed E-state index contributed by atoms with van der Waals surface area (Å²) in [5.74, 6) is 0.732. The summed E-state index contributed by atoms with van der Waals surface area (Å²) in [6.45, 7) is 9.66. The van der Waals surface area contributed by atoms with Crippen molar-refractivity contribution in [2.24, 2.45) is 11.7 Å². The predicted molar refractivity (Wildman–Crippen MR) is 142 cm³/mol. The fraction of sp³-hybridized carbons (Fsp3) is 0.500. The molecule has 0 unspecified atom stereocenters. The van der Waals surface area contributed by atoms with Gasteiger partial charge in [0.2, 0.25) is 5.95 Å². The first-order valence-corrected chi connectivity index (χ1v) is 12.4. The van der Waals surface area contributed by atoms with Crippen LogP contribution in [0.4, 0.5) is 17.5 Å². The molecule has 0 bridgehead atoms. The van der Waals surface area contributed by atoms with Crippen LogP contribution in [0.5, 0.6) is 0 Å². The van der Waals surface area contributed by atoms with Crippen LogP contribution < -0.4 is 21.7 Å². The van der Waals surface area contributed by atoms with Gasteiger partial charge in [-0.05, 0) is 38.0 Å². The van der Waals surface area contributed by atoms with Crippen molar-refractivity contribution in [2.75, 3.05) is 43.5 Å². The minimum atomic E-state index is -0.293. The van der Waals surface area contributed by atoms with Crippen LogP contribution in [-0.2, 0) is 4.74 Å². The molecule has 0 radical (unpaired) electrons. The number of nitrogens with two attached hydrogens (primary N) is 1. The zero-order valence-electron chi connectivity index (χ0n) is 21.1. The number of aliphatic hydroxyl groups excluding tert-OH is 1. The van der Waals surface area contributed by atoms with E-state index in [0.717, 1.165) is 0 Å². The van der Waals surface area contributed by atoms with Gasteiger partial charge in [0.15, 0.2) is 17.0 Å². The van der Waals surface area contributed by atoms with E-state index in [4.69, 9.17) is 22.1 Å². The maximum atomic E-state index is 12.5. The van der Waals surface area contributed by atoms with E-state index >= 15 is 0 Å². The number of ether oxygens (including phenoxy) is 1. The van der Waals surface area contributed by atoms with Crippen molar-refractivity contribution in [3.63, 3.8) is 0 Å². The van der Waals surface area contributed by atoms with Gasteiger partial charge in [0, 0.05) is 24.8 Å². The SMILES string of the molecule is CC(C)[C@H](CO)Nc1nc(Nc2ccc(C(=O)NCCOCCN)c(Cl)c2)c2ncn(C(C)C)c2n1. The Balaban J connectivity index is 1.85. The highest BCUT2D eigenvalue weighted by Gasteiger charge is 2.19. The number of aliphatic hydroxyl groups is 1. The smallest absolute Gasteiger partial charge is 0.252 e. The van der Waals surface area contributed by atoms with Crippen LogP contribution in [0.1, 0.15) is 44.1 Å². The number of hydrogen-bond acceptors (Lipinski definition) is 9. The van der Waals surface area contributed by atoms with Crippen molar-refractivity contribution in [2.45, 2.75) is 39.8 Å². The lowest BCUT2D eigenvalue weighted by atomic mass is 10.1. The van der Waals surface area contributed by atoms with E-state index in [1.54, 1.807) is 24.5 Å². The Hall–Kier alpha value is -2.99. The lowest BCUT2D eigenvalue weighted by Crippen LogP contribution is -2.30. The van der Waals surface area contributed by atoms with Crippen LogP contribution in [0.15, 0.2) is 24.5 Å². The number of carbonyl (C=O) groups excluding carboxylic acids is 1. The van der Waals surface area contributed by atoms with E-state index in [2.05, 4.69) is 30.9 Å². The van der Waals surface area contributed by atoms with E-state index in [1.165, 1.54) is 0 Å². The number of benzene rings is 1. The third kappa shape index (κ3) is 6.82. The minimum Gasteiger partial charge on any atom is -0.394 e. The number of aromatic nitrogens is 4.